The molecule has 0 unspecified atom stereocenters. The number of aromatic nitrogens is 5. The van der Waals surface area contributed by atoms with Gasteiger partial charge in [0, 0.05) is 25.3 Å². The smallest absolute Gasteiger partial charge is 0.410 e. The fourth-order valence-corrected chi connectivity index (χ4v) is 5.07. The van der Waals surface area contributed by atoms with Crippen LogP contribution in [0.3, 0.4) is 0 Å². The highest BCUT2D eigenvalue weighted by molar-refractivity contribution is 5.88. The third-order valence-corrected chi connectivity index (χ3v) is 7.21. The number of amides is 1. The molecule has 0 atom stereocenters. The number of carbonyl (C=O) groups is 1. The molecule has 220 valence electrons. The van der Waals surface area contributed by atoms with Gasteiger partial charge in [0.25, 0.3) is 0 Å². The molecular weight excluding hydrogens is 542 g/mol. The van der Waals surface area contributed by atoms with Crippen LogP contribution in [-0.4, -0.2) is 54.2 Å². The number of carbonyl (C=O) groups excluding carboxylic acids is 1. The fourth-order valence-electron chi connectivity index (χ4n) is 5.07. The van der Waals surface area contributed by atoms with Crippen molar-refractivity contribution < 1.29 is 14.3 Å². The predicted molar refractivity (Wildman–Crippen MR) is 168 cm³/mol. The first-order valence-corrected chi connectivity index (χ1v) is 14.4. The molecule has 6 rings (SSSR count). The van der Waals surface area contributed by atoms with Gasteiger partial charge < -0.3 is 24.3 Å². The van der Waals surface area contributed by atoms with Crippen LogP contribution >= 0.6 is 0 Å². The second-order valence-corrected chi connectivity index (χ2v) is 11.8. The van der Waals surface area contributed by atoms with Crippen LogP contribution in [0, 0.1) is 6.92 Å². The molecule has 0 aliphatic carbocycles. The van der Waals surface area contributed by atoms with Gasteiger partial charge in [-0.25, -0.2) is 24.7 Å². The second-order valence-electron chi connectivity index (χ2n) is 11.8. The lowest BCUT2D eigenvalue weighted by Crippen LogP contribution is -2.37. The number of rotatable bonds is 5. The Morgan fingerprint density at radius 1 is 1.00 bits per heavy atom. The lowest BCUT2D eigenvalue weighted by atomic mass is 10.1. The van der Waals surface area contributed by atoms with Crippen molar-refractivity contribution in [2.45, 2.75) is 46.1 Å². The van der Waals surface area contributed by atoms with E-state index in [4.69, 9.17) is 14.5 Å². The van der Waals surface area contributed by atoms with Gasteiger partial charge in [-0.15, -0.1) is 0 Å². The Kier molecular flexibility index (Phi) is 7.43. The molecule has 0 saturated heterocycles. The number of nitrogens with zero attached hydrogens (tertiary/aromatic N) is 6. The third kappa shape index (κ3) is 6.28. The first-order valence-electron chi connectivity index (χ1n) is 14.4. The van der Waals surface area contributed by atoms with Crippen LogP contribution < -0.4 is 10.1 Å². The summed E-state index contributed by atoms with van der Waals surface area (Å²) in [6.45, 7) is 8.70. The molecule has 4 heterocycles. The average Bonchev–Trinajstić information content (AvgIpc) is 3.16. The molecule has 0 saturated carbocycles. The van der Waals surface area contributed by atoms with E-state index in [0.717, 1.165) is 63.4 Å². The molecular formula is C33H35N7O3. The highest BCUT2D eigenvalue weighted by atomic mass is 16.6. The zero-order valence-corrected chi connectivity index (χ0v) is 25.1. The number of pyridine rings is 1. The molecule has 0 radical (unpaired) electrons. The van der Waals surface area contributed by atoms with Gasteiger partial charge in [0.2, 0.25) is 0 Å². The van der Waals surface area contributed by atoms with Gasteiger partial charge >= 0.3 is 6.09 Å². The Morgan fingerprint density at radius 2 is 1.86 bits per heavy atom. The summed E-state index contributed by atoms with van der Waals surface area (Å²) in [6.07, 6.45) is 6.88. The molecule has 10 heteroatoms. The van der Waals surface area contributed by atoms with Crippen molar-refractivity contribution in [1.29, 1.82) is 0 Å². The Labute approximate surface area is 250 Å². The summed E-state index contributed by atoms with van der Waals surface area (Å²) in [5.74, 6) is 2.08. The SMILES string of the molecule is Cc1cc(Nc2ncnc3ccc(C4=CCCCN(C(=O)OC(C)(C)C)C4)nc23)ccc1Oc1ccc2c(c1)ncn2C. The number of allylic oxidation sites excluding steroid dienone is 1. The van der Waals surface area contributed by atoms with Crippen molar-refractivity contribution in [2.75, 3.05) is 18.4 Å². The summed E-state index contributed by atoms with van der Waals surface area (Å²) in [7, 11) is 1.97. The zero-order valence-electron chi connectivity index (χ0n) is 25.1. The molecule has 1 aliphatic rings. The number of nitrogens with one attached hydrogen (secondary N) is 1. The van der Waals surface area contributed by atoms with Gasteiger partial charge in [-0.1, -0.05) is 6.08 Å². The van der Waals surface area contributed by atoms with Crippen molar-refractivity contribution in [1.82, 2.24) is 29.4 Å². The molecule has 2 aromatic carbocycles. The molecule has 3 aromatic heterocycles. The number of anilines is 2. The van der Waals surface area contributed by atoms with Crippen LogP contribution in [-0.2, 0) is 11.8 Å². The van der Waals surface area contributed by atoms with Crippen LogP contribution in [0.15, 0.2) is 67.3 Å². The molecule has 5 aromatic rings. The van der Waals surface area contributed by atoms with Crippen molar-refractivity contribution in [3.05, 3.63) is 78.5 Å². The Hall–Kier alpha value is -4.99. The Morgan fingerprint density at radius 3 is 2.67 bits per heavy atom. The van der Waals surface area contributed by atoms with E-state index in [9.17, 15) is 4.79 Å². The minimum Gasteiger partial charge on any atom is -0.457 e. The predicted octanol–water partition coefficient (Wildman–Crippen LogP) is 7.17. The number of aryl methyl sites for hydroxylation is 2. The maximum Gasteiger partial charge on any atom is 0.410 e. The van der Waals surface area contributed by atoms with Crippen molar-refractivity contribution >= 4 is 45.2 Å². The van der Waals surface area contributed by atoms with Crippen molar-refractivity contribution in [3.63, 3.8) is 0 Å². The Balaban J connectivity index is 1.22. The van der Waals surface area contributed by atoms with Crippen molar-refractivity contribution in [2.24, 2.45) is 7.05 Å². The number of benzene rings is 2. The maximum absolute atomic E-state index is 12.8. The number of fused-ring (bicyclic) bond motifs is 2. The molecule has 0 fully saturated rings. The van der Waals surface area contributed by atoms with Gasteiger partial charge in [0.1, 0.15) is 28.9 Å². The standard InChI is InChI=1S/C33H35N7O3/c1-21-16-23(9-14-29(21)42-24-10-13-28-27(17-24)36-20-39(28)5)37-31-30-26(34-19-35-31)12-11-25(38-30)22-8-6-7-15-40(18-22)32(41)43-33(2,3)4/h8-14,16-17,19-20H,6-7,15,18H2,1-5H3,(H,34,35,37). The van der Waals surface area contributed by atoms with Crippen LogP contribution in [0.25, 0.3) is 27.6 Å². The van der Waals surface area contributed by atoms with Crippen LogP contribution in [0.4, 0.5) is 16.3 Å². The molecule has 1 aliphatic heterocycles. The first kappa shape index (κ1) is 28.1. The van der Waals surface area contributed by atoms with Gasteiger partial charge in [0.05, 0.1) is 35.1 Å². The number of hydrogen-bond donors (Lipinski definition) is 1. The van der Waals surface area contributed by atoms with Gasteiger partial charge in [-0.05, 0) is 94.1 Å². The molecule has 1 N–H and O–H groups in total. The van der Waals surface area contributed by atoms with E-state index in [1.807, 2.05) is 87.8 Å². The van der Waals surface area contributed by atoms with Gasteiger partial charge in [-0.3, -0.25) is 0 Å². The van der Waals surface area contributed by atoms with Crippen LogP contribution in [0.1, 0.15) is 44.9 Å². The van der Waals surface area contributed by atoms with E-state index in [1.165, 1.54) is 6.33 Å². The van der Waals surface area contributed by atoms with E-state index in [1.54, 1.807) is 11.2 Å². The monoisotopic (exact) mass is 577 g/mol. The second kappa shape index (κ2) is 11.4. The first-order chi connectivity index (χ1) is 20.6. The van der Waals surface area contributed by atoms with E-state index in [2.05, 4.69) is 26.3 Å². The van der Waals surface area contributed by atoms with Crippen molar-refractivity contribution in [3.8, 4) is 11.5 Å². The fraction of sp³-hybridized carbons (Fsp3) is 0.303. The summed E-state index contributed by atoms with van der Waals surface area (Å²) in [5.41, 5.74) is 6.32. The average molecular weight is 578 g/mol. The van der Waals surface area contributed by atoms with Gasteiger partial charge in [0.15, 0.2) is 5.82 Å². The van der Waals surface area contributed by atoms with Crippen LogP contribution in [0.5, 0.6) is 11.5 Å². The zero-order chi connectivity index (χ0) is 30.1. The largest absolute Gasteiger partial charge is 0.457 e. The molecule has 10 nitrogen and oxygen atoms in total. The molecule has 1 amide bonds. The summed E-state index contributed by atoms with van der Waals surface area (Å²) < 4.78 is 13.8. The van der Waals surface area contributed by atoms with Crippen LogP contribution in [0.2, 0.25) is 0 Å². The quantitative estimate of drug-likeness (QED) is 0.234. The minimum absolute atomic E-state index is 0.313. The Bertz CT molecular complexity index is 1860. The minimum atomic E-state index is -0.553. The molecule has 43 heavy (non-hydrogen) atoms. The summed E-state index contributed by atoms with van der Waals surface area (Å²) in [5, 5.41) is 3.42. The lowest BCUT2D eigenvalue weighted by Gasteiger charge is -2.27. The maximum atomic E-state index is 12.8. The topological polar surface area (TPSA) is 107 Å². The normalized spacial score (nSPS) is 14.0. The number of hydrogen-bond acceptors (Lipinski definition) is 8. The number of ether oxygens (including phenoxy) is 2. The van der Waals surface area contributed by atoms with E-state index in [0.29, 0.717) is 24.4 Å². The summed E-state index contributed by atoms with van der Waals surface area (Å²) in [6, 6.07) is 15.7. The number of imidazole rings is 1. The van der Waals surface area contributed by atoms with E-state index >= 15 is 0 Å². The highest BCUT2D eigenvalue weighted by Crippen LogP contribution is 2.31. The molecule has 0 spiro atoms. The summed E-state index contributed by atoms with van der Waals surface area (Å²) in [4.78, 5) is 32.9. The molecule has 0 bridgehead atoms. The van der Waals surface area contributed by atoms with E-state index in [-0.39, 0.29) is 6.09 Å². The highest BCUT2D eigenvalue weighted by Gasteiger charge is 2.24. The van der Waals surface area contributed by atoms with Gasteiger partial charge in [-0.2, -0.15) is 0 Å². The third-order valence-electron chi connectivity index (χ3n) is 7.21. The van der Waals surface area contributed by atoms with E-state index < -0.39 is 5.60 Å². The lowest BCUT2D eigenvalue weighted by molar-refractivity contribution is 0.0276. The summed E-state index contributed by atoms with van der Waals surface area (Å²) >= 11 is 0.